The summed E-state index contributed by atoms with van der Waals surface area (Å²) in [5, 5.41) is 9.22. The molecule has 1 aliphatic rings. The number of halogens is 1. The predicted molar refractivity (Wildman–Crippen MR) is 63.5 cm³/mol. The lowest BCUT2D eigenvalue weighted by molar-refractivity contribution is 0.0707. The number of nitrogens with zero attached hydrogens (tertiary/aromatic N) is 3. The van der Waals surface area contributed by atoms with Gasteiger partial charge >= 0.3 is 0 Å². The molecule has 17 heavy (non-hydrogen) atoms. The van der Waals surface area contributed by atoms with E-state index in [9.17, 15) is 4.79 Å². The fourth-order valence-electron chi connectivity index (χ4n) is 1.92. The molecular formula is C12H12ClN3O. The summed E-state index contributed by atoms with van der Waals surface area (Å²) in [7, 11) is 0. The van der Waals surface area contributed by atoms with E-state index in [1.807, 2.05) is 0 Å². The first-order chi connectivity index (χ1) is 8.22. The van der Waals surface area contributed by atoms with Gasteiger partial charge in [-0.15, -0.1) is 0 Å². The molecule has 0 radical (unpaired) electrons. The summed E-state index contributed by atoms with van der Waals surface area (Å²) in [4.78, 5) is 17.8. The van der Waals surface area contributed by atoms with Gasteiger partial charge in [0.25, 0.3) is 5.91 Å². The quantitative estimate of drug-likeness (QED) is 0.766. The fourth-order valence-corrected chi connectivity index (χ4v) is 2.10. The van der Waals surface area contributed by atoms with E-state index in [1.54, 1.807) is 17.2 Å². The number of piperidine rings is 1. The van der Waals surface area contributed by atoms with E-state index < -0.39 is 0 Å². The molecule has 0 unspecified atom stereocenters. The van der Waals surface area contributed by atoms with Gasteiger partial charge in [-0.3, -0.25) is 9.78 Å². The molecule has 1 aliphatic heterocycles. The van der Waals surface area contributed by atoms with E-state index in [1.165, 1.54) is 6.20 Å². The lowest BCUT2D eigenvalue weighted by Gasteiger charge is -2.29. The summed E-state index contributed by atoms with van der Waals surface area (Å²) in [6.07, 6.45) is 4.52. The maximum Gasteiger partial charge on any atom is 0.256 e. The molecule has 0 bridgehead atoms. The van der Waals surface area contributed by atoms with Gasteiger partial charge in [0.05, 0.1) is 16.7 Å². The number of carbonyl (C=O) groups is 1. The number of hydrogen-bond donors (Lipinski definition) is 0. The van der Waals surface area contributed by atoms with Gasteiger partial charge in [-0.05, 0) is 18.9 Å². The van der Waals surface area contributed by atoms with Crippen molar-refractivity contribution < 1.29 is 4.79 Å². The molecular weight excluding hydrogens is 238 g/mol. The molecule has 0 aliphatic carbocycles. The Morgan fingerprint density at radius 3 is 2.82 bits per heavy atom. The van der Waals surface area contributed by atoms with Crippen LogP contribution in [-0.4, -0.2) is 28.9 Å². The molecule has 0 atom stereocenters. The Kier molecular flexibility index (Phi) is 3.60. The van der Waals surface area contributed by atoms with Crippen LogP contribution in [0.1, 0.15) is 23.2 Å². The first-order valence-corrected chi connectivity index (χ1v) is 5.88. The number of amides is 1. The molecule has 1 saturated heterocycles. The highest BCUT2D eigenvalue weighted by atomic mass is 35.5. The van der Waals surface area contributed by atoms with Gasteiger partial charge in [0.2, 0.25) is 0 Å². The number of aromatic nitrogens is 1. The summed E-state index contributed by atoms with van der Waals surface area (Å²) in [5.41, 5.74) is 0.435. The molecule has 2 heterocycles. The van der Waals surface area contributed by atoms with Crippen LogP contribution in [0.5, 0.6) is 0 Å². The number of likely N-dealkylation sites (tertiary alicyclic amines) is 1. The zero-order valence-electron chi connectivity index (χ0n) is 9.27. The van der Waals surface area contributed by atoms with Crippen molar-refractivity contribution in [2.75, 3.05) is 13.1 Å². The van der Waals surface area contributed by atoms with Crippen molar-refractivity contribution in [3.8, 4) is 6.07 Å². The van der Waals surface area contributed by atoms with Crippen LogP contribution in [0.2, 0.25) is 5.02 Å². The third-order valence-corrected chi connectivity index (χ3v) is 3.29. The third kappa shape index (κ3) is 2.56. The van der Waals surface area contributed by atoms with Crippen molar-refractivity contribution in [1.82, 2.24) is 9.88 Å². The molecule has 1 aromatic heterocycles. The minimum atomic E-state index is -0.0977. The Labute approximate surface area is 105 Å². The van der Waals surface area contributed by atoms with Crippen molar-refractivity contribution >= 4 is 17.5 Å². The highest BCUT2D eigenvalue weighted by Gasteiger charge is 2.24. The Hall–Kier alpha value is -1.60. The van der Waals surface area contributed by atoms with Crippen LogP contribution in [-0.2, 0) is 0 Å². The standard InChI is InChI=1S/C12H12ClN3O/c13-11-1-4-15-8-10(11)12(17)16-5-2-9(7-14)3-6-16/h1,4,8-9H,2-3,5-6H2. The zero-order chi connectivity index (χ0) is 12.3. The smallest absolute Gasteiger partial charge is 0.256 e. The monoisotopic (exact) mass is 249 g/mol. The largest absolute Gasteiger partial charge is 0.338 e. The summed E-state index contributed by atoms with van der Waals surface area (Å²) in [5.74, 6) is -0.0251. The van der Waals surface area contributed by atoms with Gasteiger partial charge in [-0.2, -0.15) is 5.26 Å². The van der Waals surface area contributed by atoms with Gasteiger partial charge in [0.15, 0.2) is 0 Å². The van der Waals surface area contributed by atoms with Crippen LogP contribution in [0.4, 0.5) is 0 Å². The second-order valence-corrected chi connectivity index (χ2v) is 4.46. The summed E-state index contributed by atoms with van der Waals surface area (Å²) >= 11 is 5.95. The zero-order valence-corrected chi connectivity index (χ0v) is 10.0. The summed E-state index contributed by atoms with van der Waals surface area (Å²) in [6.45, 7) is 1.23. The van der Waals surface area contributed by atoms with Gasteiger partial charge in [-0.1, -0.05) is 11.6 Å². The Balaban J connectivity index is 2.08. The van der Waals surface area contributed by atoms with E-state index in [2.05, 4.69) is 11.1 Å². The minimum absolute atomic E-state index is 0.0726. The molecule has 0 saturated carbocycles. The van der Waals surface area contributed by atoms with Crippen molar-refractivity contribution in [1.29, 1.82) is 5.26 Å². The lowest BCUT2D eigenvalue weighted by Crippen LogP contribution is -2.38. The van der Waals surface area contributed by atoms with Crippen LogP contribution in [0.15, 0.2) is 18.5 Å². The molecule has 2 rings (SSSR count). The number of carbonyl (C=O) groups excluding carboxylic acids is 1. The minimum Gasteiger partial charge on any atom is -0.338 e. The highest BCUT2D eigenvalue weighted by Crippen LogP contribution is 2.21. The summed E-state index contributed by atoms with van der Waals surface area (Å²) < 4.78 is 0. The molecule has 0 spiro atoms. The molecule has 88 valence electrons. The average Bonchev–Trinajstić information content (AvgIpc) is 2.39. The van der Waals surface area contributed by atoms with Crippen LogP contribution >= 0.6 is 11.6 Å². The SMILES string of the molecule is N#CC1CCN(C(=O)c2cnccc2Cl)CC1. The number of nitriles is 1. The van der Waals surface area contributed by atoms with E-state index in [0.717, 1.165) is 12.8 Å². The molecule has 0 N–H and O–H groups in total. The van der Waals surface area contributed by atoms with Gasteiger partial charge in [-0.25, -0.2) is 0 Å². The third-order valence-electron chi connectivity index (χ3n) is 2.96. The van der Waals surface area contributed by atoms with E-state index in [-0.39, 0.29) is 11.8 Å². The molecule has 1 amide bonds. The Morgan fingerprint density at radius 1 is 1.53 bits per heavy atom. The van der Waals surface area contributed by atoms with Crippen LogP contribution in [0.25, 0.3) is 0 Å². The lowest BCUT2D eigenvalue weighted by atomic mass is 9.98. The van der Waals surface area contributed by atoms with Crippen LogP contribution < -0.4 is 0 Å². The van der Waals surface area contributed by atoms with E-state index >= 15 is 0 Å². The second kappa shape index (κ2) is 5.15. The molecule has 0 aromatic carbocycles. The van der Waals surface area contributed by atoms with Crippen molar-refractivity contribution in [2.24, 2.45) is 5.92 Å². The Morgan fingerprint density at radius 2 is 2.24 bits per heavy atom. The first-order valence-electron chi connectivity index (χ1n) is 5.51. The number of rotatable bonds is 1. The molecule has 4 nitrogen and oxygen atoms in total. The molecule has 5 heteroatoms. The van der Waals surface area contributed by atoms with Gasteiger partial charge in [0.1, 0.15) is 0 Å². The molecule has 1 fully saturated rings. The maximum atomic E-state index is 12.1. The summed E-state index contributed by atoms with van der Waals surface area (Å²) in [6, 6.07) is 3.85. The average molecular weight is 250 g/mol. The number of hydrogen-bond acceptors (Lipinski definition) is 3. The fraction of sp³-hybridized carbons (Fsp3) is 0.417. The van der Waals surface area contributed by atoms with E-state index in [0.29, 0.717) is 23.7 Å². The van der Waals surface area contributed by atoms with Crippen LogP contribution in [0, 0.1) is 17.2 Å². The maximum absolute atomic E-state index is 12.1. The van der Waals surface area contributed by atoms with Gasteiger partial charge < -0.3 is 4.90 Å². The van der Waals surface area contributed by atoms with Crippen molar-refractivity contribution in [2.45, 2.75) is 12.8 Å². The number of pyridine rings is 1. The molecule has 1 aromatic rings. The van der Waals surface area contributed by atoms with Gasteiger partial charge in [0, 0.05) is 31.4 Å². The van der Waals surface area contributed by atoms with Crippen molar-refractivity contribution in [3.05, 3.63) is 29.0 Å². The normalized spacial score (nSPS) is 16.6. The Bertz CT molecular complexity index is 461. The van der Waals surface area contributed by atoms with Crippen molar-refractivity contribution in [3.63, 3.8) is 0 Å². The first kappa shape index (κ1) is 11.9. The van der Waals surface area contributed by atoms with E-state index in [4.69, 9.17) is 16.9 Å². The van der Waals surface area contributed by atoms with Crippen LogP contribution in [0.3, 0.4) is 0 Å². The second-order valence-electron chi connectivity index (χ2n) is 4.05. The highest BCUT2D eigenvalue weighted by molar-refractivity contribution is 6.33. The predicted octanol–water partition coefficient (Wildman–Crippen LogP) is 2.11. The topological polar surface area (TPSA) is 57.0 Å².